The van der Waals surface area contributed by atoms with Gasteiger partial charge in [0.25, 0.3) is 0 Å². The molecule has 3 aromatic rings. The van der Waals surface area contributed by atoms with Crippen LogP contribution in [0.2, 0.25) is 0 Å². The van der Waals surface area contributed by atoms with Crippen LogP contribution in [0.15, 0.2) is 18.5 Å². The minimum absolute atomic E-state index is 0.424. The molecular formula is C19H25N7. The quantitative estimate of drug-likeness (QED) is 0.726. The lowest BCUT2D eigenvalue weighted by atomic mass is 10.1. The summed E-state index contributed by atoms with van der Waals surface area (Å²) < 4.78 is 4.11. The van der Waals surface area contributed by atoms with E-state index in [0.717, 1.165) is 54.1 Å². The molecule has 0 atom stereocenters. The summed E-state index contributed by atoms with van der Waals surface area (Å²) in [4.78, 5) is 16.3. The molecule has 0 aromatic carbocycles. The van der Waals surface area contributed by atoms with Crippen LogP contribution < -0.4 is 4.90 Å². The summed E-state index contributed by atoms with van der Waals surface area (Å²) in [5.41, 5.74) is 4.53. The van der Waals surface area contributed by atoms with Crippen molar-refractivity contribution in [3.05, 3.63) is 47.1 Å². The molecule has 3 aromatic heterocycles. The van der Waals surface area contributed by atoms with E-state index >= 15 is 0 Å². The molecule has 0 saturated heterocycles. The minimum Gasteiger partial charge on any atom is -0.349 e. The summed E-state index contributed by atoms with van der Waals surface area (Å²) in [5.74, 6) is 3.20. The molecule has 0 fully saturated rings. The van der Waals surface area contributed by atoms with Crippen molar-refractivity contribution in [2.75, 3.05) is 11.4 Å². The van der Waals surface area contributed by atoms with Crippen LogP contribution in [-0.2, 0) is 20.0 Å². The predicted octanol–water partition coefficient (Wildman–Crippen LogP) is 2.70. The Kier molecular flexibility index (Phi) is 4.01. The third kappa shape index (κ3) is 2.77. The van der Waals surface area contributed by atoms with E-state index in [2.05, 4.69) is 40.4 Å². The van der Waals surface area contributed by atoms with Crippen molar-refractivity contribution >= 4 is 5.82 Å². The molecule has 0 aliphatic carbocycles. The van der Waals surface area contributed by atoms with Gasteiger partial charge in [0.2, 0.25) is 0 Å². The fraction of sp³-hybridized carbons (Fsp3) is 0.474. The number of hydrogen-bond acceptors (Lipinski definition) is 5. The van der Waals surface area contributed by atoms with E-state index < -0.39 is 0 Å². The van der Waals surface area contributed by atoms with Gasteiger partial charge in [0.15, 0.2) is 5.82 Å². The van der Waals surface area contributed by atoms with Crippen molar-refractivity contribution < 1.29 is 0 Å². The predicted molar refractivity (Wildman–Crippen MR) is 101 cm³/mol. The first kappa shape index (κ1) is 16.8. The molecule has 4 rings (SSSR count). The molecule has 0 N–H and O–H groups in total. The second-order valence-corrected chi connectivity index (χ2v) is 7.32. The van der Waals surface area contributed by atoms with E-state index in [1.165, 1.54) is 5.69 Å². The van der Waals surface area contributed by atoms with Crippen molar-refractivity contribution in [3.8, 4) is 5.82 Å². The first-order valence-corrected chi connectivity index (χ1v) is 9.09. The van der Waals surface area contributed by atoms with E-state index in [0.29, 0.717) is 5.92 Å². The zero-order chi connectivity index (χ0) is 18.4. The van der Waals surface area contributed by atoms with Crippen molar-refractivity contribution in [2.24, 2.45) is 7.05 Å². The summed E-state index contributed by atoms with van der Waals surface area (Å²) in [7, 11) is 2.13. The normalized spacial score (nSPS) is 14.2. The standard InChI is InChI=1S/C19H25N7/c1-12(2)19-21-15-11-25(7-6-16(15)24(19)5)17-9-20-10-18(22-17)26-14(4)8-13(3)23-26/h8-10,12H,6-7,11H2,1-5H3. The van der Waals surface area contributed by atoms with Gasteiger partial charge in [-0.05, 0) is 19.9 Å². The highest BCUT2D eigenvalue weighted by molar-refractivity contribution is 5.43. The Morgan fingerprint density at radius 1 is 1.08 bits per heavy atom. The smallest absolute Gasteiger partial charge is 0.174 e. The molecule has 0 bridgehead atoms. The average molecular weight is 351 g/mol. The van der Waals surface area contributed by atoms with Crippen LogP contribution in [0.1, 0.15) is 48.4 Å². The third-order valence-corrected chi connectivity index (χ3v) is 4.97. The van der Waals surface area contributed by atoms with Crippen molar-refractivity contribution in [2.45, 2.75) is 46.6 Å². The number of aryl methyl sites for hydroxylation is 2. The van der Waals surface area contributed by atoms with E-state index in [9.17, 15) is 0 Å². The number of fused-ring (bicyclic) bond motifs is 1. The molecule has 0 spiro atoms. The first-order chi connectivity index (χ1) is 12.4. The third-order valence-electron chi connectivity index (χ3n) is 4.97. The number of rotatable bonds is 3. The SMILES string of the molecule is Cc1cc(C)n(-c2cncc(N3CCc4c(nc(C(C)C)n4C)C3)n2)n1. The van der Waals surface area contributed by atoms with E-state index in [1.807, 2.05) is 30.8 Å². The van der Waals surface area contributed by atoms with Gasteiger partial charge in [0.05, 0.1) is 30.3 Å². The fourth-order valence-electron chi connectivity index (χ4n) is 3.72. The average Bonchev–Trinajstić information content (AvgIpc) is 3.14. The lowest BCUT2D eigenvalue weighted by molar-refractivity contribution is 0.656. The zero-order valence-corrected chi connectivity index (χ0v) is 16.1. The summed E-state index contributed by atoms with van der Waals surface area (Å²) in [6.07, 6.45) is 4.56. The Morgan fingerprint density at radius 3 is 2.54 bits per heavy atom. The largest absolute Gasteiger partial charge is 0.349 e. The molecule has 7 nitrogen and oxygen atoms in total. The van der Waals surface area contributed by atoms with E-state index in [1.54, 1.807) is 6.20 Å². The Hall–Kier alpha value is -2.70. The summed E-state index contributed by atoms with van der Waals surface area (Å²) >= 11 is 0. The Morgan fingerprint density at radius 2 is 1.85 bits per heavy atom. The Bertz CT molecular complexity index is 951. The molecule has 0 saturated carbocycles. The maximum absolute atomic E-state index is 4.88. The molecule has 4 heterocycles. The highest BCUT2D eigenvalue weighted by Gasteiger charge is 2.24. The molecule has 1 aliphatic rings. The molecule has 0 amide bonds. The second-order valence-electron chi connectivity index (χ2n) is 7.32. The lowest BCUT2D eigenvalue weighted by Crippen LogP contribution is -2.32. The first-order valence-electron chi connectivity index (χ1n) is 9.09. The minimum atomic E-state index is 0.424. The van der Waals surface area contributed by atoms with Crippen LogP contribution in [0.25, 0.3) is 5.82 Å². The number of anilines is 1. The summed E-state index contributed by atoms with van der Waals surface area (Å²) in [5, 5.41) is 4.52. The summed E-state index contributed by atoms with van der Waals surface area (Å²) in [6, 6.07) is 2.04. The topological polar surface area (TPSA) is 64.7 Å². The van der Waals surface area contributed by atoms with Gasteiger partial charge in [0, 0.05) is 37.3 Å². The van der Waals surface area contributed by atoms with Crippen LogP contribution in [0.5, 0.6) is 0 Å². The van der Waals surface area contributed by atoms with Gasteiger partial charge in [-0.25, -0.2) is 14.6 Å². The monoisotopic (exact) mass is 351 g/mol. The van der Waals surface area contributed by atoms with E-state index in [4.69, 9.17) is 9.97 Å². The molecular weight excluding hydrogens is 326 g/mol. The van der Waals surface area contributed by atoms with Gasteiger partial charge in [-0.15, -0.1) is 0 Å². The van der Waals surface area contributed by atoms with Crippen LogP contribution >= 0.6 is 0 Å². The maximum Gasteiger partial charge on any atom is 0.174 e. The number of aromatic nitrogens is 6. The van der Waals surface area contributed by atoms with Gasteiger partial charge in [-0.2, -0.15) is 5.10 Å². The lowest BCUT2D eigenvalue weighted by Gasteiger charge is -2.27. The second kappa shape index (κ2) is 6.23. The molecule has 0 radical (unpaired) electrons. The van der Waals surface area contributed by atoms with Crippen LogP contribution in [-0.4, -0.2) is 35.8 Å². The molecule has 26 heavy (non-hydrogen) atoms. The van der Waals surface area contributed by atoms with E-state index in [-0.39, 0.29) is 0 Å². The van der Waals surface area contributed by atoms with Gasteiger partial charge < -0.3 is 9.47 Å². The van der Waals surface area contributed by atoms with Crippen LogP contribution in [0, 0.1) is 13.8 Å². The Balaban J connectivity index is 1.64. The fourth-order valence-corrected chi connectivity index (χ4v) is 3.72. The molecule has 0 unspecified atom stereocenters. The highest BCUT2D eigenvalue weighted by atomic mass is 15.3. The van der Waals surface area contributed by atoms with Crippen molar-refractivity contribution in [3.63, 3.8) is 0 Å². The molecule has 1 aliphatic heterocycles. The van der Waals surface area contributed by atoms with Gasteiger partial charge >= 0.3 is 0 Å². The van der Waals surface area contributed by atoms with Crippen LogP contribution in [0.3, 0.4) is 0 Å². The van der Waals surface area contributed by atoms with Gasteiger partial charge in [-0.3, -0.25) is 4.98 Å². The number of imidazole rings is 1. The zero-order valence-electron chi connectivity index (χ0n) is 16.1. The van der Waals surface area contributed by atoms with Crippen LogP contribution in [0.4, 0.5) is 5.82 Å². The van der Waals surface area contributed by atoms with Gasteiger partial charge in [0.1, 0.15) is 11.6 Å². The Labute approximate surface area is 153 Å². The molecule has 7 heteroatoms. The van der Waals surface area contributed by atoms with Crippen molar-refractivity contribution in [1.29, 1.82) is 0 Å². The maximum atomic E-state index is 4.88. The number of nitrogens with zero attached hydrogens (tertiary/aromatic N) is 7. The highest BCUT2D eigenvalue weighted by Crippen LogP contribution is 2.26. The molecule has 136 valence electrons. The number of hydrogen-bond donors (Lipinski definition) is 0. The van der Waals surface area contributed by atoms with Gasteiger partial charge in [-0.1, -0.05) is 13.8 Å². The van der Waals surface area contributed by atoms with Crippen molar-refractivity contribution in [1.82, 2.24) is 29.3 Å². The summed E-state index contributed by atoms with van der Waals surface area (Å²) in [6.45, 7) is 10.1.